The van der Waals surface area contributed by atoms with E-state index in [2.05, 4.69) is 14.9 Å². The van der Waals surface area contributed by atoms with Crippen LogP contribution in [0.1, 0.15) is 24.4 Å². The Morgan fingerprint density at radius 1 is 1.14 bits per heavy atom. The number of nitrogens with one attached hydrogen (secondary N) is 1. The van der Waals surface area contributed by atoms with Crippen molar-refractivity contribution < 1.29 is 13.2 Å². The maximum atomic E-state index is 12.9. The van der Waals surface area contributed by atoms with E-state index in [-0.39, 0.29) is 22.3 Å². The molecular weight excluding hydrogens is 380 g/mol. The number of aromatic nitrogens is 4. The first kappa shape index (κ1) is 18.2. The Morgan fingerprint density at radius 2 is 1.89 bits per heavy atom. The van der Waals surface area contributed by atoms with Crippen molar-refractivity contribution in [1.29, 1.82) is 5.26 Å². The minimum atomic E-state index is -3.94. The second kappa shape index (κ2) is 7.46. The van der Waals surface area contributed by atoms with E-state index in [1.165, 1.54) is 23.3 Å². The third-order valence-corrected chi connectivity index (χ3v) is 5.87. The zero-order chi connectivity index (χ0) is 19.6. The van der Waals surface area contributed by atoms with E-state index in [1.54, 1.807) is 4.68 Å². The molecule has 0 unspecified atom stereocenters. The minimum absolute atomic E-state index is 0.0000275. The molecule has 0 aliphatic carbocycles. The number of hydrogen-bond donors (Lipinski definition) is 1. The molecule has 0 bridgehead atoms. The number of benzene rings is 1. The Hall–Kier alpha value is -3.16. The smallest absolute Gasteiger partial charge is 0.266 e. The fourth-order valence-corrected chi connectivity index (χ4v) is 4.11. The Labute approximate surface area is 162 Å². The van der Waals surface area contributed by atoms with Crippen LogP contribution in [0.4, 0.5) is 5.82 Å². The molecule has 1 aliphatic heterocycles. The Balaban J connectivity index is 1.64. The zero-order valence-electron chi connectivity index (χ0n) is 14.9. The lowest BCUT2D eigenvalue weighted by molar-refractivity contribution is 0.0669. The Kier molecular flexibility index (Phi) is 4.85. The van der Waals surface area contributed by atoms with Crippen LogP contribution in [-0.4, -0.2) is 41.2 Å². The summed E-state index contributed by atoms with van der Waals surface area (Å²) in [5.74, 6) is 0.168. The predicted molar refractivity (Wildman–Crippen MR) is 100 cm³/mol. The summed E-state index contributed by atoms with van der Waals surface area (Å²) in [6, 6.07) is 11.2. The third kappa shape index (κ3) is 3.49. The first-order chi connectivity index (χ1) is 13.6. The van der Waals surface area contributed by atoms with Crippen LogP contribution in [0.25, 0.3) is 5.69 Å². The van der Waals surface area contributed by atoms with E-state index < -0.39 is 10.0 Å². The molecule has 0 saturated carbocycles. The van der Waals surface area contributed by atoms with Gasteiger partial charge < -0.3 is 4.74 Å². The second-order valence-electron chi connectivity index (χ2n) is 6.37. The van der Waals surface area contributed by atoms with Gasteiger partial charge in [0, 0.05) is 13.2 Å². The number of hydrogen-bond acceptors (Lipinski definition) is 6. The first-order valence-electron chi connectivity index (χ1n) is 8.77. The van der Waals surface area contributed by atoms with Gasteiger partial charge in [-0.1, -0.05) is 18.2 Å². The number of anilines is 1. The molecule has 1 aromatic carbocycles. The molecule has 0 spiro atoms. The van der Waals surface area contributed by atoms with Crippen LogP contribution in [0.5, 0.6) is 0 Å². The van der Waals surface area contributed by atoms with E-state index in [1.807, 2.05) is 36.4 Å². The average molecular weight is 398 g/mol. The lowest BCUT2D eigenvalue weighted by Gasteiger charge is -2.24. The van der Waals surface area contributed by atoms with E-state index in [9.17, 15) is 13.7 Å². The van der Waals surface area contributed by atoms with Crippen LogP contribution in [0.15, 0.2) is 53.8 Å². The fourth-order valence-electron chi connectivity index (χ4n) is 3.11. The zero-order valence-corrected chi connectivity index (χ0v) is 15.7. The standard InChI is InChI=1S/C18H18N6O3S/c19-10-14-11-21-24(16-6-8-27-9-7-16)18(14)22-28(25,26)17-12-20-23(13-17)15-4-2-1-3-5-15/h1-5,11-13,16,22H,6-9H2. The quantitative estimate of drug-likeness (QED) is 0.704. The summed E-state index contributed by atoms with van der Waals surface area (Å²) in [5, 5.41) is 17.7. The largest absolute Gasteiger partial charge is 0.381 e. The summed E-state index contributed by atoms with van der Waals surface area (Å²) in [6.07, 6.45) is 5.48. The number of para-hydroxylation sites is 1. The van der Waals surface area contributed by atoms with Crippen LogP contribution in [-0.2, 0) is 14.8 Å². The number of nitrogens with zero attached hydrogens (tertiary/aromatic N) is 5. The fraction of sp³-hybridized carbons (Fsp3) is 0.278. The maximum Gasteiger partial charge on any atom is 0.266 e. The molecule has 144 valence electrons. The number of sulfonamides is 1. The number of rotatable bonds is 5. The van der Waals surface area contributed by atoms with Crippen LogP contribution in [0, 0.1) is 11.3 Å². The van der Waals surface area contributed by atoms with Crippen molar-refractivity contribution in [2.75, 3.05) is 17.9 Å². The van der Waals surface area contributed by atoms with Crippen molar-refractivity contribution in [3.8, 4) is 11.8 Å². The molecule has 1 N–H and O–H groups in total. The van der Waals surface area contributed by atoms with Gasteiger partial charge in [-0.2, -0.15) is 15.5 Å². The molecule has 1 saturated heterocycles. The molecule has 0 atom stereocenters. The highest BCUT2D eigenvalue weighted by atomic mass is 32.2. The lowest BCUT2D eigenvalue weighted by Crippen LogP contribution is -2.24. The van der Waals surface area contributed by atoms with Crippen molar-refractivity contribution in [1.82, 2.24) is 19.6 Å². The normalized spacial score (nSPS) is 15.2. The molecule has 0 radical (unpaired) electrons. The van der Waals surface area contributed by atoms with E-state index in [4.69, 9.17) is 4.74 Å². The highest BCUT2D eigenvalue weighted by Crippen LogP contribution is 2.28. The van der Waals surface area contributed by atoms with Gasteiger partial charge in [-0.3, -0.25) is 4.72 Å². The summed E-state index contributed by atoms with van der Waals surface area (Å²) < 4.78 is 36.7. The van der Waals surface area contributed by atoms with Gasteiger partial charge in [-0.05, 0) is 25.0 Å². The van der Waals surface area contributed by atoms with Crippen molar-refractivity contribution in [3.63, 3.8) is 0 Å². The van der Waals surface area contributed by atoms with Crippen LogP contribution < -0.4 is 4.72 Å². The van der Waals surface area contributed by atoms with Crippen LogP contribution in [0.3, 0.4) is 0 Å². The molecule has 9 nitrogen and oxygen atoms in total. The van der Waals surface area contributed by atoms with Crippen LogP contribution >= 0.6 is 0 Å². The summed E-state index contributed by atoms with van der Waals surface area (Å²) in [7, 11) is -3.94. The van der Waals surface area contributed by atoms with Crippen molar-refractivity contribution in [2.45, 2.75) is 23.8 Å². The van der Waals surface area contributed by atoms with E-state index >= 15 is 0 Å². The molecule has 2 aromatic heterocycles. The second-order valence-corrected chi connectivity index (χ2v) is 8.05. The third-order valence-electron chi connectivity index (χ3n) is 4.57. The van der Waals surface area contributed by atoms with Gasteiger partial charge in [0.1, 0.15) is 16.5 Å². The minimum Gasteiger partial charge on any atom is -0.381 e. The van der Waals surface area contributed by atoms with Crippen molar-refractivity contribution in [2.24, 2.45) is 0 Å². The van der Waals surface area contributed by atoms with Gasteiger partial charge in [0.2, 0.25) is 0 Å². The SMILES string of the molecule is N#Cc1cnn(C2CCOCC2)c1NS(=O)(=O)c1cnn(-c2ccccc2)c1. The summed E-state index contributed by atoms with van der Waals surface area (Å²) in [4.78, 5) is -0.0000275. The van der Waals surface area contributed by atoms with Gasteiger partial charge in [0.25, 0.3) is 10.0 Å². The maximum absolute atomic E-state index is 12.9. The summed E-state index contributed by atoms with van der Waals surface area (Å²) in [5.41, 5.74) is 0.916. The Bertz CT molecular complexity index is 1110. The molecule has 3 heterocycles. The van der Waals surface area contributed by atoms with E-state index in [0.29, 0.717) is 26.1 Å². The van der Waals surface area contributed by atoms with Crippen molar-refractivity contribution >= 4 is 15.8 Å². The van der Waals surface area contributed by atoms with Gasteiger partial charge in [-0.25, -0.2) is 17.8 Å². The van der Waals surface area contributed by atoms with E-state index in [0.717, 1.165) is 5.69 Å². The lowest BCUT2D eigenvalue weighted by atomic mass is 10.1. The van der Waals surface area contributed by atoms with Gasteiger partial charge in [-0.15, -0.1) is 0 Å². The molecule has 10 heteroatoms. The highest BCUT2D eigenvalue weighted by Gasteiger charge is 2.26. The molecule has 4 rings (SSSR count). The predicted octanol–water partition coefficient (Wildman–Crippen LogP) is 2.09. The van der Waals surface area contributed by atoms with Gasteiger partial charge in [0.15, 0.2) is 5.82 Å². The van der Waals surface area contributed by atoms with Gasteiger partial charge in [0.05, 0.1) is 30.3 Å². The monoisotopic (exact) mass is 398 g/mol. The molecule has 28 heavy (non-hydrogen) atoms. The van der Waals surface area contributed by atoms with Gasteiger partial charge >= 0.3 is 0 Å². The number of ether oxygens (including phenoxy) is 1. The first-order valence-corrected chi connectivity index (χ1v) is 10.2. The highest BCUT2D eigenvalue weighted by molar-refractivity contribution is 7.92. The molecule has 1 fully saturated rings. The summed E-state index contributed by atoms with van der Waals surface area (Å²) in [6.45, 7) is 1.14. The molecule has 3 aromatic rings. The Morgan fingerprint density at radius 3 is 2.61 bits per heavy atom. The average Bonchev–Trinajstić information content (AvgIpc) is 3.37. The molecule has 0 amide bonds. The molecular formula is C18H18N6O3S. The topological polar surface area (TPSA) is 115 Å². The molecule has 1 aliphatic rings. The van der Waals surface area contributed by atoms with Crippen molar-refractivity contribution in [3.05, 3.63) is 54.5 Å². The summed E-state index contributed by atoms with van der Waals surface area (Å²) >= 11 is 0. The van der Waals surface area contributed by atoms with Crippen LogP contribution in [0.2, 0.25) is 0 Å². The number of nitriles is 1.